The normalized spacial score (nSPS) is 36.8. The molecule has 0 aliphatic carbocycles. The smallest absolute Gasteiger partial charge is 0.311 e. The van der Waals surface area contributed by atoms with Crippen molar-refractivity contribution in [3.8, 4) is 0 Å². The summed E-state index contributed by atoms with van der Waals surface area (Å²) in [6, 6.07) is 6.92. The maximum atomic E-state index is 13.1. The van der Waals surface area contributed by atoms with Crippen molar-refractivity contribution < 1.29 is 35.1 Å². The number of fused-ring (bicyclic) bond motifs is 1. The zero-order valence-corrected chi connectivity index (χ0v) is 27.8. The van der Waals surface area contributed by atoms with Gasteiger partial charge in [-0.05, 0) is 77.1 Å². The Hall–Kier alpha value is -2.05. The first kappa shape index (κ1) is 36.4. The largest absolute Gasteiger partial charge is 0.459 e. The summed E-state index contributed by atoms with van der Waals surface area (Å²) in [4.78, 5) is 19.5. The molecule has 10 nitrogen and oxygen atoms in total. The Morgan fingerprint density at radius 3 is 2.43 bits per heavy atom. The van der Waals surface area contributed by atoms with Crippen LogP contribution in [0.3, 0.4) is 0 Å². The summed E-state index contributed by atoms with van der Waals surface area (Å²) in [7, 11) is 0. The number of hydrogen-bond donors (Lipinski definition) is 6. The van der Waals surface area contributed by atoms with Crippen LogP contribution in [0.25, 0.3) is 10.9 Å². The van der Waals surface area contributed by atoms with Gasteiger partial charge >= 0.3 is 5.97 Å². The van der Waals surface area contributed by atoms with Gasteiger partial charge in [-0.25, -0.2) is 0 Å². The predicted molar refractivity (Wildman–Crippen MR) is 172 cm³/mol. The van der Waals surface area contributed by atoms with Crippen molar-refractivity contribution in [2.75, 3.05) is 25.0 Å². The summed E-state index contributed by atoms with van der Waals surface area (Å²) in [5.74, 6) is -2.75. The van der Waals surface area contributed by atoms with Gasteiger partial charge in [0.1, 0.15) is 17.8 Å². The molecule has 0 radical (unpaired) electrons. The number of benzene rings is 1. The average molecular weight is 638 g/mol. The van der Waals surface area contributed by atoms with E-state index in [0.29, 0.717) is 31.1 Å². The van der Waals surface area contributed by atoms with Crippen LogP contribution in [0.5, 0.6) is 0 Å². The van der Waals surface area contributed by atoms with E-state index < -0.39 is 59.5 Å². The van der Waals surface area contributed by atoms with Crippen LogP contribution in [0.1, 0.15) is 67.7 Å². The minimum atomic E-state index is -1.79. The third-order valence-electron chi connectivity index (χ3n) is 9.42. The molecule has 0 amide bonds. The first-order valence-electron chi connectivity index (χ1n) is 15.7. The van der Waals surface area contributed by atoms with Gasteiger partial charge in [0, 0.05) is 53.9 Å². The Morgan fingerprint density at radius 1 is 1.09 bits per heavy atom. The van der Waals surface area contributed by atoms with Crippen LogP contribution in [-0.4, -0.2) is 103 Å². The van der Waals surface area contributed by atoms with Crippen molar-refractivity contribution >= 4 is 34.2 Å². The first-order valence-corrected chi connectivity index (χ1v) is 16.1. The summed E-state index contributed by atoms with van der Waals surface area (Å²) in [5, 5.41) is 61.5. The van der Waals surface area contributed by atoms with Crippen LogP contribution in [0.2, 0.25) is 5.02 Å². The van der Waals surface area contributed by atoms with E-state index in [1.165, 1.54) is 20.8 Å². The molecule has 0 unspecified atom stereocenters. The van der Waals surface area contributed by atoms with Crippen LogP contribution >= 0.6 is 11.6 Å². The molecule has 2 heterocycles. The number of carbonyl (C=O) groups is 1. The molecule has 1 aromatic heterocycles. The molecule has 6 N–H and O–H groups in total. The monoisotopic (exact) mass is 637 g/mol. The van der Waals surface area contributed by atoms with E-state index in [4.69, 9.17) is 16.3 Å². The Labute approximate surface area is 266 Å². The van der Waals surface area contributed by atoms with Crippen molar-refractivity contribution in [1.29, 1.82) is 0 Å². The number of aromatic nitrogens is 1. The van der Waals surface area contributed by atoms with Gasteiger partial charge in [-0.2, -0.15) is 0 Å². The molecule has 248 valence electrons. The zero-order chi connectivity index (χ0) is 33.0. The van der Waals surface area contributed by atoms with Crippen molar-refractivity contribution in [2.45, 2.75) is 109 Å². The highest BCUT2D eigenvalue weighted by atomic mass is 35.5. The minimum Gasteiger partial charge on any atom is -0.459 e. The Bertz CT molecular complexity index is 1250. The number of esters is 1. The van der Waals surface area contributed by atoms with Crippen molar-refractivity contribution in [2.24, 2.45) is 17.8 Å². The van der Waals surface area contributed by atoms with E-state index in [9.17, 15) is 30.3 Å². The second-order valence-electron chi connectivity index (χ2n) is 13.3. The lowest BCUT2D eigenvalue weighted by Gasteiger charge is -2.43. The average Bonchev–Trinajstić information content (AvgIpc) is 2.97. The van der Waals surface area contributed by atoms with Crippen LogP contribution in [-0.2, 0) is 9.53 Å². The van der Waals surface area contributed by atoms with Crippen LogP contribution in [0.15, 0.2) is 30.5 Å². The topological polar surface area (TPSA) is 156 Å². The molecule has 3 rings (SSSR count). The van der Waals surface area contributed by atoms with Crippen molar-refractivity contribution in [3.63, 3.8) is 0 Å². The lowest BCUT2D eigenvalue weighted by atomic mass is 9.78. The molecule has 11 heteroatoms. The lowest BCUT2D eigenvalue weighted by Crippen LogP contribution is -2.59. The number of rotatable bonds is 6. The first-order chi connectivity index (χ1) is 20.5. The number of nitrogens with one attached hydrogen (secondary N) is 1. The molecule has 0 bridgehead atoms. The molecule has 1 saturated heterocycles. The quantitative estimate of drug-likeness (QED) is 0.204. The minimum absolute atomic E-state index is 0.132. The maximum absolute atomic E-state index is 13.1. The van der Waals surface area contributed by atoms with Gasteiger partial charge in [0.2, 0.25) is 0 Å². The Balaban J connectivity index is 1.86. The molecular weight excluding hydrogens is 586 g/mol. The summed E-state index contributed by atoms with van der Waals surface area (Å²) in [6.45, 7) is 13.3. The van der Waals surface area contributed by atoms with Gasteiger partial charge in [-0.1, -0.05) is 32.4 Å². The van der Waals surface area contributed by atoms with E-state index in [1.54, 1.807) is 20.0 Å². The fourth-order valence-corrected chi connectivity index (χ4v) is 6.79. The SMILES string of the molecule is CC[C@H]1OC(=O)[C@H](C)[C@@H](O)[C@H](C)[C@@H](O)[C@](C)(O)C[C@@H](C)CN(CCCNc2ccnc3cc(Cl)ccc23)[C@H](C)[C@@H](O)[C@]1(C)O. The molecule has 0 spiro atoms. The zero-order valence-electron chi connectivity index (χ0n) is 27.1. The summed E-state index contributed by atoms with van der Waals surface area (Å²) >= 11 is 6.13. The van der Waals surface area contributed by atoms with E-state index >= 15 is 0 Å². The van der Waals surface area contributed by atoms with Crippen LogP contribution in [0.4, 0.5) is 5.69 Å². The number of cyclic esters (lactones) is 1. The van der Waals surface area contributed by atoms with Gasteiger partial charge in [-0.3, -0.25) is 14.7 Å². The number of halogens is 1. The molecule has 44 heavy (non-hydrogen) atoms. The number of aliphatic hydroxyl groups is 5. The second-order valence-corrected chi connectivity index (χ2v) is 13.7. The summed E-state index contributed by atoms with van der Waals surface area (Å²) in [6.07, 6.45) is -2.06. The number of aliphatic hydroxyl groups excluding tert-OH is 3. The van der Waals surface area contributed by atoms with Crippen molar-refractivity contribution in [3.05, 3.63) is 35.5 Å². The highest BCUT2D eigenvalue weighted by Crippen LogP contribution is 2.33. The standard InChI is InChI=1S/C33H52ClN3O7/c1-8-27-33(7,43)30(40)22(5)37(15-9-13-35-25-12-14-36-26-16-23(34)10-11-24(25)26)18-19(2)17-32(6,42)29(39)20(3)28(38)21(4)31(41)44-27/h10-12,14,16,19-22,27-30,38-40,42-43H,8-9,13,15,17-18H2,1-7H3,(H,35,36)/t19-,20+,21-,22-,27-,28+,29-,30-,32-,33-/m1/s1. The third kappa shape index (κ3) is 8.40. The van der Waals surface area contributed by atoms with Gasteiger partial charge in [0.15, 0.2) is 0 Å². The molecule has 10 atom stereocenters. The Morgan fingerprint density at radius 2 is 1.77 bits per heavy atom. The number of nitrogens with zero attached hydrogens (tertiary/aromatic N) is 2. The van der Waals surface area contributed by atoms with Crippen molar-refractivity contribution in [1.82, 2.24) is 9.88 Å². The molecule has 0 saturated carbocycles. The predicted octanol–water partition coefficient (Wildman–Crippen LogP) is 3.60. The fourth-order valence-electron chi connectivity index (χ4n) is 6.62. The number of hydrogen-bond acceptors (Lipinski definition) is 10. The highest BCUT2D eigenvalue weighted by Gasteiger charge is 2.47. The molecule has 2 aromatic rings. The van der Waals surface area contributed by atoms with E-state index in [0.717, 1.165) is 16.6 Å². The molecular formula is C33H52ClN3O7. The number of pyridine rings is 1. The Kier molecular flexibility index (Phi) is 12.4. The molecule has 1 fully saturated rings. The summed E-state index contributed by atoms with van der Waals surface area (Å²) < 4.78 is 5.68. The van der Waals surface area contributed by atoms with E-state index in [1.807, 2.05) is 38.1 Å². The number of ether oxygens (including phenoxy) is 1. The van der Waals surface area contributed by atoms with E-state index in [-0.39, 0.29) is 18.8 Å². The fraction of sp³-hybridized carbons (Fsp3) is 0.697. The van der Waals surface area contributed by atoms with Gasteiger partial charge in [-0.15, -0.1) is 0 Å². The summed E-state index contributed by atoms with van der Waals surface area (Å²) in [5.41, 5.74) is -1.63. The lowest BCUT2D eigenvalue weighted by molar-refractivity contribution is -0.193. The maximum Gasteiger partial charge on any atom is 0.311 e. The second kappa shape index (κ2) is 15.0. The van der Waals surface area contributed by atoms with Gasteiger partial charge in [0.25, 0.3) is 0 Å². The van der Waals surface area contributed by atoms with Crippen LogP contribution in [0, 0.1) is 17.8 Å². The molecule has 1 aromatic carbocycles. The van der Waals surface area contributed by atoms with Crippen LogP contribution < -0.4 is 5.32 Å². The molecule has 1 aliphatic heterocycles. The number of carbonyl (C=O) groups excluding carboxylic acids is 1. The third-order valence-corrected chi connectivity index (χ3v) is 9.66. The van der Waals surface area contributed by atoms with Gasteiger partial charge < -0.3 is 35.6 Å². The number of anilines is 1. The molecule has 1 aliphatic rings. The van der Waals surface area contributed by atoms with E-state index in [2.05, 4.69) is 15.2 Å². The van der Waals surface area contributed by atoms with Gasteiger partial charge in [0.05, 0.1) is 29.2 Å². The highest BCUT2D eigenvalue weighted by molar-refractivity contribution is 6.31.